The summed E-state index contributed by atoms with van der Waals surface area (Å²) in [6.07, 6.45) is 6.96. The first-order chi connectivity index (χ1) is 23.0. The fourth-order valence-corrected chi connectivity index (χ4v) is 4.99. The van der Waals surface area contributed by atoms with E-state index in [1.165, 1.54) is 13.2 Å². The highest BCUT2D eigenvalue weighted by molar-refractivity contribution is 6.12. The van der Waals surface area contributed by atoms with Crippen LogP contribution < -0.4 is 15.0 Å². The van der Waals surface area contributed by atoms with Crippen molar-refractivity contribution in [3.05, 3.63) is 162 Å². The average molecular weight is 626 g/mol. The Hall–Kier alpha value is -6.02. The predicted molar refractivity (Wildman–Crippen MR) is 183 cm³/mol. The minimum absolute atomic E-state index is 0.143. The minimum atomic E-state index is -0.735. The molecule has 1 atom stereocenters. The summed E-state index contributed by atoms with van der Waals surface area (Å²) in [5.41, 5.74) is 4.04. The maximum absolute atomic E-state index is 13.2. The second-order valence-corrected chi connectivity index (χ2v) is 10.6. The first-order valence-electron chi connectivity index (χ1n) is 15.2. The van der Waals surface area contributed by atoms with Crippen LogP contribution in [0.25, 0.3) is 6.08 Å². The molecule has 0 bridgehead atoms. The van der Waals surface area contributed by atoms with Crippen LogP contribution in [0.5, 0.6) is 5.75 Å². The van der Waals surface area contributed by atoms with E-state index >= 15 is 0 Å². The maximum Gasteiger partial charge on any atom is 0.328 e. The van der Waals surface area contributed by atoms with Gasteiger partial charge in [0, 0.05) is 47.4 Å². The Labute approximate surface area is 274 Å². The lowest BCUT2D eigenvalue weighted by molar-refractivity contribution is -0.141. The molecule has 236 valence electrons. The lowest BCUT2D eigenvalue weighted by atomic mass is 10.00. The molecule has 47 heavy (non-hydrogen) atoms. The monoisotopic (exact) mass is 625 g/mol. The molecular weight excluding hydrogens is 590 g/mol. The molecule has 1 amide bonds. The van der Waals surface area contributed by atoms with Gasteiger partial charge in [0.1, 0.15) is 18.4 Å². The molecule has 0 saturated carbocycles. The number of amides is 1. The van der Waals surface area contributed by atoms with Gasteiger partial charge in [-0.1, -0.05) is 78.9 Å². The van der Waals surface area contributed by atoms with Crippen molar-refractivity contribution >= 4 is 35.1 Å². The lowest BCUT2D eigenvalue weighted by Gasteiger charge is -2.22. The smallest absolute Gasteiger partial charge is 0.328 e. The van der Waals surface area contributed by atoms with E-state index in [1.54, 1.807) is 53.7 Å². The molecular formula is C39H35N3O5. The summed E-state index contributed by atoms with van der Waals surface area (Å²) in [5, 5.41) is 3.23. The number of carbonyl (C=O) groups is 3. The summed E-state index contributed by atoms with van der Waals surface area (Å²) in [5.74, 6) is -0.139. The quantitative estimate of drug-likeness (QED) is 0.0840. The third-order valence-electron chi connectivity index (χ3n) is 7.41. The SMILES string of the molecule is COC(=O)[C@H](Cc1ccc(OCCN(C(=O)C=Cc2cccnc2)c2ccccc2)cc1)Nc1ccccc1C(=O)c1ccccc1. The lowest BCUT2D eigenvalue weighted by Crippen LogP contribution is -2.33. The van der Waals surface area contributed by atoms with Crippen molar-refractivity contribution in [2.75, 3.05) is 30.5 Å². The number of ketones is 1. The van der Waals surface area contributed by atoms with E-state index in [-0.39, 0.29) is 18.3 Å². The van der Waals surface area contributed by atoms with Crippen molar-refractivity contribution in [1.82, 2.24) is 4.98 Å². The molecule has 1 N–H and O–H groups in total. The number of methoxy groups -OCH3 is 1. The maximum atomic E-state index is 13.2. The Morgan fingerprint density at radius 1 is 0.830 bits per heavy atom. The Balaban J connectivity index is 1.22. The van der Waals surface area contributed by atoms with Crippen molar-refractivity contribution in [3.8, 4) is 5.75 Å². The van der Waals surface area contributed by atoms with Crippen LogP contribution in [0.3, 0.4) is 0 Å². The van der Waals surface area contributed by atoms with Gasteiger partial charge in [-0.25, -0.2) is 4.79 Å². The van der Waals surface area contributed by atoms with Gasteiger partial charge in [0.2, 0.25) is 0 Å². The molecule has 0 unspecified atom stereocenters. The number of nitrogens with one attached hydrogen (secondary N) is 1. The van der Waals surface area contributed by atoms with Crippen molar-refractivity contribution in [2.24, 2.45) is 0 Å². The molecule has 0 radical (unpaired) electrons. The number of benzene rings is 4. The van der Waals surface area contributed by atoms with Crippen LogP contribution in [0.15, 0.2) is 140 Å². The van der Waals surface area contributed by atoms with E-state index in [1.807, 2.05) is 91.0 Å². The number of nitrogens with zero attached hydrogens (tertiary/aromatic N) is 2. The molecule has 8 heteroatoms. The molecule has 0 aliphatic carbocycles. The number of pyridine rings is 1. The highest BCUT2D eigenvalue weighted by Crippen LogP contribution is 2.22. The van der Waals surface area contributed by atoms with E-state index in [9.17, 15) is 14.4 Å². The zero-order chi connectivity index (χ0) is 32.8. The van der Waals surface area contributed by atoms with Crippen LogP contribution in [-0.4, -0.2) is 48.9 Å². The first kappa shape index (κ1) is 32.4. The zero-order valence-electron chi connectivity index (χ0n) is 26.0. The van der Waals surface area contributed by atoms with Gasteiger partial charge in [0.25, 0.3) is 5.91 Å². The van der Waals surface area contributed by atoms with Gasteiger partial charge in [0.05, 0.1) is 13.7 Å². The summed E-state index contributed by atoms with van der Waals surface area (Å²) in [4.78, 5) is 44.9. The largest absolute Gasteiger partial charge is 0.492 e. The van der Waals surface area contributed by atoms with Crippen LogP contribution in [0, 0.1) is 0 Å². The average Bonchev–Trinajstić information content (AvgIpc) is 3.13. The van der Waals surface area contributed by atoms with Gasteiger partial charge in [0.15, 0.2) is 5.78 Å². The minimum Gasteiger partial charge on any atom is -0.492 e. The molecule has 4 aromatic carbocycles. The third kappa shape index (κ3) is 9.02. The number of esters is 1. The fraction of sp³-hybridized carbons (Fsp3) is 0.128. The number of para-hydroxylation sites is 2. The summed E-state index contributed by atoms with van der Waals surface area (Å²) in [7, 11) is 1.34. The van der Waals surface area contributed by atoms with Crippen LogP contribution in [-0.2, 0) is 20.7 Å². The number of aromatic nitrogens is 1. The van der Waals surface area contributed by atoms with Crippen molar-refractivity contribution in [2.45, 2.75) is 12.5 Å². The molecule has 5 rings (SSSR count). The number of carbonyl (C=O) groups excluding carboxylic acids is 3. The summed E-state index contributed by atoms with van der Waals surface area (Å²) < 4.78 is 11.1. The highest BCUT2D eigenvalue weighted by Gasteiger charge is 2.23. The van der Waals surface area contributed by atoms with Crippen LogP contribution in [0.4, 0.5) is 11.4 Å². The van der Waals surface area contributed by atoms with Gasteiger partial charge in [-0.3, -0.25) is 14.6 Å². The number of rotatable bonds is 14. The Morgan fingerprint density at radius 2 is 1.53 bits per heavy atom. The standard InChI is InChI=1S/C39H35N3O5/c1-46-39(45)36(41-35-17-9-8-16-34(35)38(44)31-12-4-2-5-13-31)27-29-18-21-33(22-19-29)47-26-25-42(32-14-6-3-7-15-32)37(43)23-20-30-11-10-24-40-28-30/h2-24,28,36,41H,25-27H2,1H3/t36-/m0/s1. The molecule has 1 heterocycles. The molecule has 0 spiro atoms. The van der Waals surface area contributed by atoms with Gasteiger partial charge in [-0.05, 0) is 59.7 Å². The van der Waals surface area contributed by atoms with Crippen molar-refractivity contribution in [3.63, 3.8) is 0 Å². The van der Waals surface area contributed by atoms with Gasteiger partial charge < -0.3 is 19.7 Å². The first-order valence-corrected chi connectivity index (χ1v) is 15.2. The van der Waals surface area contributed by atoms with Gasteiger partial charge in [-0.2, -0.15) is 0 Å². The van der Waals surface area contributed by atoms with Crippen molar-refractivity contribution < 1.29 is 23.9 Å². The highest BCUT2D eigenvalue weighted by atomic mass is 16.5. The third-order valence-corrected chi connectivity index (χ3v) is 7.41. The van der Waals surface area contributed by atoms with E-state index in [2.05, 4.69) is 10.3 Å². The molecule has 0 saturated heterocycles. The van der Waals surface area contributed by atoms with Gasteiger partial charge >= 0.3 is 5.97 Å². The Bertz CT molecular complexity index is 1790. The van der Waals surface area contributed by atoms with E-state index in [0.717, 1.165) is 16.8 Å². The van der Waals surface area contributed by atoms with E-state index in [4.69, 9.17) is 9.47 Å². The number of hydrogen-bond donors (Lipinski definition) is 1. The summed E-state index contributed by atoms with van der Waals surface area (Å²) >= 11 is 0. The van der Waals surface area contributed by atoms with Crippen LogP contribution in [0.1, 0.15) is 27.0 Å². The second kappa shape index (κ2) is 16.3. The summed E-state index contributed by atoms with van der Waals surface area (Å²) in [6, 6.07) is 35.9. The fourth-order valence-electron chi connectivity index (χ4n) is 4.99. The number of ether oxygens (including phenoxy) is 2. The van der Waals surface area contributed by atoms with E-state index < -0.39 is 12.0 Å². The molecule has 0 aliphatic rings. The number of anilines is 2. The second-order valence-electron chi connectivity index (χ2n) is 10.6. The van der Waals surface area contributed by atoms with Crippen LogP contribution in [0.2, 0.25) is 0 Å². The molecule has 8 nitrogen and oxygen atoms in total. The Morgan fingerprint density at radius 3 is 2.23 bits per heavy atom. The van der Waals surface area contributed by atoms with Crippen molar-refractivity contribution in [1.29, 1.82) is 0 Å². The molecule has 5 aromatic rings. The normalized spacial score (nSPS) is 11.4. The molecule has 0 fully saturated rings. The topological polar surface area (TPSA) is 97.8 Å². The number of hydrogen-bond acceptors (Lipinski definition) is 7. The van der Waals surface area contributed by atoms with Gasteiger partial charge in [-0.15, -0.1) is 0 Å². The molecule has 1 aromatic heterocycles. The predicted octanol–water partition coefficient (Wildman–Crippen LogP) is 6.63. The van der Waals surface area contributed by atoms with E-state index in [0.29, 0.717) is 35.5 Å². The molecule has 0 aliphatic heterocycles. The van der Waals surface area contributed by atoms with Crippen LogP contribution >= 0.6 is 0 Å². The summed E-state index contributed by atoms with van der Waals surface area (Å²) in [6.45, 7) is 0.594. The zero-order valence-corrected chi connectivity index (χ0v) is 26.0. The Kier molecular flexibility index (Phi) is 11.3.